The molecule has 0 spiro atoms. The van der Waals surface area contributed by atoms with Crippen molar-refractivity contribution in [1.29, 1.82) is 0 Å². The molecular weight excluding hydrogens is 869 g/mol. The van der Waals surface area contributed by atoms with E-state index in [9.17, 15) is 19.5 Å². The third-order valence-corrected chi connectivity index (χ3v) is 12.0. The molecular formula is C52H69BrMgN2O7. The van der Waals surface area contributed by atoms with Crippen LogP contribution >= 0.6 is 0 Å². The third kappa shape index (κ3) is 15.6. The number of ketones is 1. The van der Waals surface area contributed by atoms with Crippen LogP contribution in [0.25, 0.3) is 34.0 Å². The number of hydrogen-bond donors (Lipinski definition) is 1. The summed E-state index contributed by atoms with van der Waals surface area (Å²) in [5.41, 5.74) is 4.00. The summed E-state index contributed by atoms with van der Waals surface area (Å²) in [7, 11) is 0. The molecule has 0 unspecified atom stereocenters. The van der Waals surface area contributed by atoms with Crippen LogP contribution in [-0.2, 0) is 28.6 Å². The number of nitrogens with zero attached hydrogens (tertiary/aromatic N) is 2. The van der Waals surface area contributed by atoms with Crippen molar-refractivity contribution in [2.24, 2.45) is 10.8 Å². The van der Waals surface area contributed by atoms with Crippen LogP contribution in [0.15, 0.2) is 72.8 Å². The average molecular weight is 938 g/mol. The molecule has 1 aliphatic heterocycles. The second-order valence-corrected chi connectivity index (χ2v) is 17.5. The Morgan fingerprint density at radius 2 is 1.10 bits per heavy atom. The predicted octanol–water partition coefficient (Wildman–Crippen LogP) is 8.18. The first kappa shape index (κ1) is 55.6. The second-order valence-electron chi connectivity index (χ2n) is 17.5. The topological polar surface area (TPSA) is 125 Å². The van der Waals surface area contributed by atoms with Crippen LogP contribution in [0, 0.1) is 18.3 Å². The first-order valence-electron chi connectivity index (χ1n) is 22.0. The molecule has 0 atom stereocenters. The van der Waals surface area contributed by atoms with Gasteiger partial charge in [0.15, 0.2) is 0 Å². The summed E-state index contributed by atoms with van der Waals surface area (Å²) >= 11 is 0. The fraction of sp³-hybridized carbons (Fsp3) is 0.500. The van der Waals surface area contributed by atoms with E-state index in [1.165, 1.54) is 12.8 Å². The number of rotatable bonds is 10. The van der Waals surface area contributed by atoms with Gasteiger partial charge in [0, 0.05) is 48.2 Å². The van der Waals surface area contributed by atoms with Gasteiger partial charge >= 0.3 is 35.0 Å². The van der Waals surface area contributed by atoms with E-state index >= 15 is 0 Å². The summed E-state index contributed by atoms with van der Waals surface area (Å²) in [5.74, 6) is 0.558. The minimum absolute atomic E-state index is 0. The molecule has 1 saturated heterocycles. The number of carbonyl (C=O) groups excluding carboxylic acids is 3. The number of esters is 2. The van der Waals surface area contributed by atoms with Crippen molar-refractivity contribution in [1.82, 2.24) is 9.97 Å². The molecule has 0 radical (unpaired) electrons. The van der Waals surface area contributed by atoms with Crippen LogP contribution in [0.2, 0.25) is 0 Å². The Bertz CT molecular complexity index is 2130. The number of ether oxygens (including phenoxy) is 3. The van der Waals surface area contributed by atoms with Gasteiger partial charge in [0.2, 0.25) is 0 Å². The number of fused-ring (bicyclic) bond motifs is 2. The molecule has 2 aromatic carbocycles. The van der Waals surface area contributed by atoms with Crippen molar-refractivity contribution in [3.8, 4) is 0 Å². The number of pyridine rings is 2. The predicted molar refractivity (Wildman–Crippen MR) is 253 cm³/mol. The molecule has 338 valence electrons. The summed E-state index contributed by atoms with van der Waals surface area (Å²) in [6, 6.07) is 20.6. The van der Waals surface area contributed by atoms with Gasteiger partial charge in [0.1, 0.15) is 5.78 Å². The molecule has 7 rings (SSSR count). The van der Waals surface area contributed by atoms with Gasteiger partial charge in [0.25, 0.3) is 0 Å². The van der Waals surface area contributed by atoms with Crippen LogP contribution in [0.4, 0.5) is 0 Å². The van der Waals surface area contributed by atoms with Gasteiger partial charge in [-0.2, -0.15) is 0 Å². The van der Waals surface area contributed by atoms with Gasteiger partial charge in [-0.05, 0) is 119 Å². The molecule has 11 heteroatoms. The molecule has 1 N–H and O–H groups in total. The van der Waals surface area contributed by atoms with Crippen molar-refractivity contribution in [2.75, 3.05) is 26.4 Å². The fourth-order valence-electron chi connectivity index (χ4n) is 7.81. The molecule has 3 heterocycles. The summed E-state index contributed by atoms with van der Waals surface area (Å²) in [6.45, 7) is 16.7. The van der Waals surface area contributed by atoms with Crippen molar-refractivity contribution >= 4 is 74.7 Å². The van der Waals surface area contributed by atoms with Crippen LogP contribution in [-0.4, -0.2) is 87.9 Å². The van der Waals surface area contributed by atoms with Crippen LogP contribution in [0.5, 0.6) is 0 Å². The Kier molecular flexibility index (Phi) is 22.8. The van der Waals surface area contributed by atoms with E-state index in [1.54, 1.807) is 0 Å². The zero-order valence-corrected chi connectivity index (χ0v) is 42.0. The van der Waals surface area contributed by atoms with E-state index in [-0.39, 0.29) is 65.2 Å². The standard InChI is InChI=1S/C24H31NO3.C23H27NO3.C4H8O.CH3.BrH.Mg/c1-5-28-22(26)24(14-12-23(4,27)13-15-24)11-10-18-6-7-19-8-9-20(17(2)3)25-21(19)16-18;1-4-27-22(26)23(13-10-19(25)11-14-23)12-9-17-5-6-18-7-8-20(16(2)3)24-21(18)15-17;1-2-4-5-3-1;;;/h6-11,16-17,27H,5,12-15H2,1-4H3;5-9,12,15-16H,4,10-11,13-14H2,1-3H3;1-4H2;1H3;1H;/q;;;-1;;+2/p-1/b11-10+;12-9+;;;;. The Balaban J connectivity index is 0.000000373. The van der Waals surface area contributed by atoms with E-state index in [2.05, 4.69) is 64.1 Å². The van der Waals surface area contributed by atoms with E-state index in [4.69, 9.17) is 24.2 Å². The quantitative estimate of drug-likeness (QED) is 0.0953. The summed E-state index contributed by atoms with van der Waals surface area (Å²) in [5, 5.41) is 12.5. The second kappa shape index (κ2) is 25.9. The molecule has 9 nitrogen and oxygen atoms in total. The molecule has 3 fully saturated rings. The number of benzene rings is 2. The molecule has 0 bridgehead atoms. The third-order valence-electron chi connectivity index (χ3n) is 12.0. The van der Waals surface area contributed by atoms with Gasteiger partial charge in [-0.3, -0.25) is 24.4 Å². The molecule has 0 amide bonds. The fourth-order valence-corrected chi connectivity index (χ4v) is 7.81. The molecule has 3 aliphatic rings. The van der Waals surface area contributed by atoms with Gasteiger partial charge < -0.3 is 43.7 Å². The van der Waals surface area contributed by atoms with E-state index in [0.29, 0.717) is 76.4 Å². The number of hydrogen-bond acceptors (Lipinski definition) is 9. The Morgan fingerprint density at radius 1 is 0.698 bits per heavy atom. The average Bonchev–Trinajstić information content (AvgIpc) is 3.84. The van der Waals surface area contributed by atoms with Crippen LogP contribution in [0.3, 0.4) is 0 Å². The van der Waals surface area contributed by atoms with Crippen molar-refractivity contribution in [3.05, 3.63) is 103 Å². The monoisotopic (exact) mass is 936 g/mol. The number of carbonyl (C=O) groups is 3. The minimum Gasteiger partial charge on any atom is -1.00 e. The van der Waals surface area contributed by atoms with Gasteiger partial charge in [-0.1, -0.05) is 88.4 Å². The van der Waals surface area contributed by atoms with Crippen molar-refractivity contribution < 1.29 is 50.7 Å². The maximum atomic E-state index is 12.7. The van der Waals surface area contributed by atoms with E-state index in [1.807, 2.05) is 69.3 Å². The normalized spacial score (nSPS) is 20.5. The molecule has 2 aliphatic carbocycles. The number of aromatic nitrogens is 2. The van der Waals surface area contributed by atoms with Gasteiger partial charge in [0.05, 0.1) is 40.7 Å². The van der Waals surface area contributed by atoms with Crippen LogP contribution in [0.1, 0.15) is 147 Å². The van der Waals surface area contributed by atoms with Crippen molar-refractivity contribution in [3.63, 3.8) is 0 Å². The van der Waals surface area contributed by atoms with Gasteiger partial charge in [-0.15, -0.1) is 0 Å². The van der Waals surface area contributed by atoms with Crippen molar-refractivity contribution in [2.45, 2.75) is 130 Å². The Labute approximate surface area is 403 Å². The smallest absolute Gasteiger partial charge is 1.00 e. The zero-order chi connectivity index (χ0) is 43.3. The number of Topliss-reactive ketones (excluding diaryl/α,β-unsaturated/α-hetero) is 1. The first-order valence-corrected chi connectivity index (χ1v) is 22.0. The molecule has 2 saturated carbocycles. The first-order chi connectivity index (χ1) is 28.7. The number of halogens is 1. The van der Waals surface area contributed by atoms with E-state index in [0.717, 1.165) is 57.5 Å². The maximum Gasteiger partial charge on any atom is 2.00 e. The number of aliphatic hydroxyl groups is 1. The largest absolute Gasteiger partial charge is 2.00 e. The Hall–Kier alpha value is -3.48. The molecule has 63 heavy (non-hydrogen) atoms. The maximum absolute atomic E-state index is 12.7. The van der Waals surface area contributed by atoms with E-state index < -0.39 is 16.4 Å². The molecule has 2 aromatic heterocycles. The SMILES string of the molecule is C1CCOC1.CCOC(=O)C1(/C=C/c2ccc3ccc(C(C)C)nc3c2)CCC(=O)CC1.CCOC(=O)C1(/C=C/c2ccc3ccc(C(C)C)nc3c2)CCC(C)(O)CC1.[Br-].[CH3-].[Mg+2]. The summed E-state index contributed by atoms with van der Waals surface area (Å²) < 4.78 is 15.6. The summed E-state index contributed by atoms with van der Waals surface area (Å²) in [4.78, 5) is 46.5. The Morgan fingerprint density at radius 3 is 1.46 bits per heavy atom. The summed E-state index contributed by atoms with van der Waals surface area (Å²) in [6.07, 6.45) is 14.7. The van der Waals surface area contributed by atoms with Crippen LogP contribution < -0.4 is 17.0 Å². The minimum atomic E-state index is -0.704. The molecule has 4 aromatic rings. The zero-order valence-electron chi connectivity index (χ0n) is 39.0. The van der Waals surface area contributed by atoms with Gasteiger partial charge in [-0.25, -0.2) is 0 Å².